The van der Waals surface area contributed by atoms with Crippen LogP contribution in [0.4, 0.5) is 14.5 Å². The number of hydrogen-bond acceptors (Lipinski definition) is 3. The number of benzene rings is 3. The molecule has 1 N–H and O–H groups in total. The van der Waals surface area contributed by atoms with Crippen LogP contribution < -0.4 is 9.84 Å². The summed E-state index contributed by atoms with van der Waals surface area (Å²) in [4.78, 5) is 0. The molecule has 0 aliphatic heterocycles. The minimum absolute atomic E-state index is 0.0277. The van der Waals surface area contributed by atoms with Crippen molar-refractivity contribution in [1.82, 2.24) is 0 Å². The van der Waals surface area contributed by atoms with Crippen molar-refractivity contribution in [2.24, 2.45) is 0 Å². The molecule has 0 bridgehead atoms. The van der Waals surface area contributed by atoms with Crippen molar-refractivity contribution in [3.05, 3.63) is 95.0 Å². The van der Waals surface area contributed by atoms with Crippen LogP contribution in [0.5, 0.6) is 5.75 Å². The molecule has 2 atom stereocenters. The lowest BCUT2D eigenvalue weighted by Gasteiger charge is -2.21. The number of para-hydroxylation sites is 2. The first kappa shape index (κ1) is 18.4. The fraction of sp³-hybridized carbons (Fsp3) is 0.0526. The van der Waals surface area contributed by atoms with E-state index in [1.54, 1.807) is 54.6 Å². The Morgan fingerprint density at radius 3 is 2.19 bits per heavy atom. The number of rotatable bonds is 6. The largest absolute Gasteiger partial charge is 0.443 e. The Bertz CT molecular complexity index is 910. The third-order valence-corrected chi connectivity index (χ3v) is 5.29. The molecule has 0 radical (unpaired) electrons. The van der Waals surface area contributed by atoms with Gasteiger partial charge in [0.15, 0.2) is 0 Å². The zero-order valence-electron chi connectivity index (χ0n) is 13.5. The summed E-state index contributed by atoms with van der Waals surface area (Å²) in [5.41, 5.74) is 0.590. The highest BCUT2D eigenvalue weighted by Crippen LogP contribution is 2.44. The van der Waals surface area contributed by atoms with Gasteiger partial charge < -0.3 is 9.84 Å². The van der Waals surface area contributed by atoms with Gasteiger partial charge in [0, 0.05) is 17.3 Å². The number of hydrogen-bond donors (Lipinski definition) is 1. The van der Waals surface area contributed by atoms with Crippen LogP contribution in [-0.4, -0.2) is 0 Å². The molecule has 3 aromatic rings. The second-order valence-corrected chi connectivity index (χ2v) is 7.29. The summed E-state index contributed by atoms with van der Waals surface area (Å²) < 4.78 is 46.2. The van der Waals surface area contributed by atoms with E-state index in [0.29, 0.717) is 17.5 Å². The predicted octanol–water partition coefficient (Wildman–Crippen LogP) is 6.28. The van der Waals surface area contributed by atoms with Gasteiger partial charge >= 0.3 is 0 Å². The van der Waals surface area contributed by atoms with Gasteiger partial charge in [-0.05, 0) is 30.3 Å². The normalized spacial score (nSPS) is 13.0. The summed E-state index contributed by atoms with van der Waals surface area (Å²) in [7, 11) is -2.86. The van der Waals surface area contributed by atoms with Crippen molar-refractivity contribution < 1.29 is 17.9 Å². The molecule has 3 rings (SSSR count). The average molecular weight is 394 g/mol. The second kappa shape index (κ2) is 8.35. The summed E-state index contributed by atoms with van der Waals surface area (Å²) in [5, 5.41) is 2.74. The van der Waals surface area contributed by atoms with Crippen LogP contribution in [-0.2, 0) is 4.57 Å². The molecule has 134 valence electrons. The first-order chi connectivity index (χ1) is 12.5. The van der Waals surface area contributed by atoms with Gasteiger partial charge in [-0.3, -0.25) is 4.57 Å². The highest BCUT2D eigenvalue weighted by atomic mass is 35.5. The average Bonchev–Trinajstić information content (AvgIpc) is 2.64. The Morgan fingerprint density at radius 2 is 1.54 bits per heavy atom. The van der Waals surface area contributed by atoms with Crippen molar-refractivity contribution >= 4 is 25.3 Å². The molecule has 0 aliphatic carbocycles. The van der Waals surface area contributed by atoms with E-state index in [1.165, 1.54) is 0 Å². The van der Waals surface area contributed by atoms with Crippen molar-refractivity contribution in [2.45, 2.75) is 5.78 Å². The smallest absolute Gasteiger partial charge is 0.262 e. The Morgan fingerprint density at radius 1 is 0.923 bits per heavy atom. The Labute approximate surface area is 155 Å². The van der Waals surface area contributed by atoms with Crippen molar-refractivity contribution in [3.63, 3.8) is 0 Å². The van der Waals surface area contributed by atoms with E-state index in [-0.39, 0.29) is 10.6 Å². The Kier molecular flexibility index (Phi) is 5.92. The van der Waals surface area contributed by atoms with E-state index in [0.717, 1.165) is 6.07 Å². The van der Waals surface area contributed by atoms with Crippen LogP contribution in [0, 0.1) is 11.6 Å². The zero-order chi connectivity index (χ0) is 18.5. The summed E-state index contributed by atoms with van der Waals surface area (Å²) in [5.74, 6) is -2.36. The topological polar surface area (TPSA) is 38.3 Å². The van der Waals surface area contributed by atoms with Gasteiger partial charge in [-0.1, -0.05) is 48.0 Å². The molecule has 0 saturated heterocycles. The van der Waals surface area contributed by atoms with Crippen molar-refractivity contribution in [3.8, 4) is 5.75 Å². The summed E-state index contributed by atoms with van der Waals surface area (Å²) in [6.07, 6.45) is 0. The molecule has 3 aromatic carbocycles. The fourth-order valence-corrected chi connectivity index (χ4v) is 3.81. The van der Waals surface area contributed by atoms with E-state index >= 15 is 0 Å². The molecule has 0 aromatic heterocycles. The summed E-state index contributed by atoms with van der Waals surface area (Å²) >= 11 is 5.80. The minimum atomic E-state index is -2.86. The van der Waals surface area contributed by atoms with Crippen LogP contribution in [0.15, 0.2) is 72.8 Å². The molecule has 0 fully saturated rings. The third-order valence-electron chi connectivity index (χ3n) is 3.63. The molecule has 0 saturated carbocycles. The molecule has 3 nitrogen and oxygen atoms in total. The van der Waals surface area contributed by atoms with Gasteiger partial charge in [0.1, 0.15) is 23.2 Å². The van der Waals surface area contributed by atoms with Gasteiger partial charge in [-0.25, -0.2) is 8.78 Å². The standard InChI is InChI=1S/C19H15ClF2NO2P/c20-16-11-15(17(21)12-18(16)22)19(23-13-7-3-1-4-8-13)26(24)25-14-9-5-2-6-10-14/h1-12,19,23,26H. The maximum Gasteiger partial charge on any atom is 0.262 e. The molecular weight excluding hydrogens is 379 g/mol. The fourth-order valence-electron chi connectivity index (χ4n) is 2.39. The Hall–Kier alpha value is -2.36. The SMILES string of the molecule is O=[PH](Oc1ccccc1)C(Nc1ccccc1)c1cc(Cl)c(F)cc1F. The molecule has 0 spiro atoms. The maximum atomic E-state index is 14.4. The second-order valence-electron chi connectivity index (χ2n) is 5.47. The minimum Gasteiger partial charge on any atom is -0.443 e. The number of halogens is 3. The molecular formula is C19H15ClF2NO2P. The van der Waals surface area contributed by atoms with Gasteiger partial charge in [-0.15, -0.1) is 0 Å². The Balaban J connectivity index is 1.96. The summed E-state index contributed by atoms with van der Waals surface area (Å²) in [6, 6.07) is 19.2. The quantitative estimate of drug-likeness (QED) is 0.395. The van der Waals surface area contributed by atoms with Crippen LogP contribution >= 0.6 is 19.6 Å². The lowest BCUT2D eigenvalue weighted by atomic mass is 10.2. The molecule has 7 heteroatoms. The summed E-state index contributed by atoms with van der Waals surface area (Å²) in [6.45, 7) is 0. The monoisotopic (exact) mass is 393 g/mol. The lowest BCUT2D eigenvalue weighted by Crippen LogP contribution is -2.11. The van der Waals surface area contributed by atoms with E-state index in [1.807, 2.05) is 6.07 Å². The van der Waals surface area contributed by atoms with E-state index in [4.69, 9.17) is 16.1 Å². The molecule has 0 heterocycles. The van der Waals surface area contributed by atoms with Crippen LogP contribution in [0.1, 0.15) is 11.3 Å². The van der Waals surface area contributed by atoms with Gasteiger partial charge in [-0.2, -0.15) is 0 Å². The van der Waals surface area contributed by atoms with E-state index < -0.39 is 25.4 Å². The molecule has 0 aliphatic rings. The van der Waals surface area contributed by atoms with Crippen molar-refractivity contribution in [1.29, 1.82) is 0 Å². The van der Waals surface area contributed by atoms with Gasteiger partial charge in [0.05, 0.1) is 5.02 Å². The first-order valence-corrected chi connectivity index (χ1v) is 9.54. The van der Waals surface area contributed by atoms with Gasteiger partial charge in [0.25, 0.3) is 8.03 Å². The van der Waals surface area contributed by atoms with Gasteiger partial charge in [0.2, 0.25) is 0 Å². The van der Waals surface area contributed by atoms with E-state index in [2.05, 4.69) is 5.32 Å². The molecule has 2 unspecified atom stereocenters. The highest BCUT2D eigenvalue weighted by Gasteiger charge is 2.25. The maximum absolute atomic E-state index is 14.4. The van der Waals surface area contributed by atoms with Crippen LogP contribution in [0.2, 0.25) is 5.02 Å². The van der Waals surface area contributed by atoms with Crippen LogP contribution in [0.25, 0.3) is 0 Å². The van der Waals surface area contributed by atoms with Crippen LogP contribution in [0.3, 0.4) is 0 Å². The zero-order valence-corrected chi connectivity index (χ0v) is 15.2. The molecule has 0 amide bonds. The highest BCUT2D eigenvalue weighted by molar-refractivity contribution is 7.40. The van der Waals surface area contributed by atoms with Crippen molar-refractivity contribution in [2.75, 3.05) is 5.32 Å². The first-order valence-electron chi connectivity index (χ1n) is 7.77. The molecule has 26 heavy (non-hydrogen) atoms. The lowest BCUT2D eigenvalue weighted by molar-refractivity contribution is 0.493. The third kappa shape index (κ3) is 4.43. The number of anilines is 1. The number of nitrogens with one attached hydrogen (secondary N) is 1. The van der Waals surface area contributed by atoms with E-state index in [9.17, 15) is 13.3 Å². The predicted molar refractivity (Wildman–Crippen MR) is 100 cm³/mol.